The number of aryl methyl sites for hydroxylation is 3. The number of nitrogens with zero attached hydrogens (tertiary/aromatic N) is 5. The summed E-state index contributed by atoms with van der Waals surface area (Å²) in [4.78, 5) is 14.5. The third-order valence-electron chi connectivity index (χ3n) is 3.72. The number of carbonyl (C=O) groups is 1. The maximum absolute atomic E-state index is 12.7. The molecule has 22 heavy (non-hydrogen) atoms. The van der Waals surface area contributed by atoms with Gasteiger partial charge in [0.25, 0.3) is 5.91 Å². The first kappa shape index (κ1) is 16.6. The van der Waals surface area contributed by atoms with Crippen molar-refractivity contribution >= 4 is 17.6 Å². The maximum Gasteiger partial charge on any atom is 0.275 e. The smallest absolute Gasteiger partial charge is 0.275 e. The standard InChI is InChI=1S/C14H21N5O2S/c1-9-12(11(3)18(4)15-9)8-19(6-7-21-5)14(20)13-10(2)16-22-17-13/h6-8H2,1-5H3. The van der Waals surface area contributed by atoms with Crippen LogP contribution in [0.5, 0.6) is 0 Å². The van der Waals surface area contributed by atoms with Crippen LogP contribution in [-0.4, -0.2) is 49.6 Å². The fourth-order valence-corrected chi connectivity index (χ4v) is 2.81. The molecule has 0 bridgehead atoms. The first-order valence-electron chi connectivity index (χ1n) is 7.02. The molecule has 0 N–H and O–H groups in total. The Kier molecular flexibility index (Phi) is 5.25. The zero-order chi connectivity index (χ0) is 16.3. The topological polar surface area (TPSA) is 73.1 Å². The third-order valence-corrected chi connectivity index (χ3v) is 4.34. The lowest BCUT2D eigenvalue weighted by molar-refractivity contribution is 0.0674. The lowest BCUT2D eigenvalue weighted by Crippen LogP contribution is -2.34. The summed E-state index contributed by atoms with van der Waals surface area (Å²) in [6, 6.07) is 0. The highest BCUT2D eigenvalue weighted by atomic mass is 32.1. The van der Waals surface area contributed by atoms with Gasteiger partial charge >= 0.3 is 0 Å². The highest BCUT2D eigenvalue weighted by molar-refractivity contribution is 6.99. The predicted molar refractivity (Wildman–Crippen MR) is 83.9 cm³/mol. The number of hydrogen-bond acceptors (Lipinski definition) is 6. The molecule has 0 aliphatic carbocycles. The highest BCUT2D eigenvalue weighted by Gasteiger charge is 2.23. The molecule has 1 amide bonds. The highest BCUT2D eigenvalue weighted by Crippen LogP contribution is 2.17. The number of carbonyl (C=O) groups excluding carboxylic acids is 1. The van der Waals surface area contributed by atoms with Gasteiger partial charge in [-0.15, -0.1) is 0 Å². The van der Waals surface area contributed by atoms with Crippen LogP contribution in [0.3, 0.4) is 0 Å². The van der Waals surface area contributed by atoms with E-state index in [1.165, 1.54) is 0 Å². The normalized spacial score (nSPS) is 11.0. The molecule has 7 nitrogen and oxygen atoms in total. The molecule has 2 rings (SSSR count). The van der Waals surface area contributed by atoms with E-state index >= 15 is 0 Å². The fourth-order valence-electron chi connectivity index (χ4n) is 2.27. The van der Waals surface area contributed by atoms with Crippen LogP contribution in [0.4, 0.5) is 0 Å². The summed E-state index contributed by atoms with van der Waals surface area (Å²) in [5, 5.41) is 4.41. The van der Waals surface area contributed by atoms with Crippen LogP contribution < -0.4 is 0 Å². The summed E-state index contributed by atoms with van der Waals surface area (Å²) in [6.07, 6.45) is 0. The average molecular weight is 323 g/mol. The molecule has 2 heterocycles. The van der Waals surface area contributed by atoms with E-state index < -0.39 is 0 Å². The summed E-state index contributed by atoms with van der Waals surface area (Å²) < 4.78 is 15.2. The number of ether oxygens (including phenoxy) is 1. The minimum Gasteiger partial charge on any atom is -0.383 e. The second kappa shape index (κ2) is 6.97. The SMILES string of the molecule is COCCN(Cc1c(C)nn(C)c1C)C(=O)c1nsnc1C. The quantitative estimate of drug-likeness (QED) is 0.805. The van der Waals surface area contributed by atoms with Gasteiger partial charge < -0.3 is 9.64 Å². The van der Waals surface area contributed by atoms with Gasteiger partial charge in [0.15, 0.2) is 5.69 Å². The van der Waals surface area contributed by atoms with Crippen LogP contribution in [-0.2, 0) is 18.3 Å². The average Bonchev–Trinajstić information content (AvgIpc) is 3.00. The molecule has 0 aliphatic rings. The molecular formula is C14H21N5O2S. The minimum absolute atomic E-state index is 0.119. The molecule has 0 unspecified atom stereocenters. The Balaban J connectivity index is 2.26. The first-order chi connectivity index (χ1) is 10.5. The van der Waals surface area contributed by atoms with Crippen LogP contribution in [0.1, 0.15) is 33.1 Å². The molecule has 0 aromatic carbocycles. The van der Waals surface area contributed by atoms with Crippen molar-refractivity contribution in [3.63, 3.8) is 0 Å². The first-order valence-corrected chi connectivity index (χ1v) is 7.75. The molecular weight excluding hydrogens is 302 g/mol. The molecule has 120 valence electrons. The Bertz CT molecular complexity index is 664. The zero-order valence-electron chi connectivity index (χ0n) is 13.6. The van der Waals surface area contributed by atoms with E-state index in [0.717, 1.165) is 28.7 Å². The summed E-state index contributed by atoms with van der Waals surface area (Å²) in [6.45, 7) is 7.22. The van der Waals surface area contributed by atoms with Crippen LogP contribution in [0.25, 0.3) is 0 Å². The van der Waals surface area contributed by atoms with Crippen molar-refractivity contribution in [1.29, 1.82) is 0 Å². The Labute approximate surface area is 134 Å². The maximum atomic E-state index is 12.7. The van der Waals surface area contributed by atoms with Gasteiger partial charge in [-0.05, 0) is 20.8 Å². The molecule has 0 atom stereocenters. The van der Waals surface area contributed by atoms with E-state index in [9.17, 15) is 4.79 Å². The molecule has 0 radical (unpaired) electrons. The van der Waals surface area contributed by atoms with Crippen molar-refractivity contribution in [3.05, 3.63) is 28.3 Å². The lowest BCUT2D eigenvalue weighted by atomic mass is 10.1. The van der Waals surface area contributed by atoms with Crippen LogP contribution in [0.15, 0.2) is 0 Å². The van der Waals surface area contributed by atoms with E-state index in [0.29, 0.717) is 31.1 Å². The summed E-state index contributed by atoms with van der Waals surface area (Å²) in [7, 11) is 3.53. The van der Waals surface area contributed by atoms with Gasteiger partial charge in [-0.1, -0.05) is 0 Å². The molecule has 0 saturated carbocycles. The predicted octanol–water partition coefficient (Wildman–Crippen LogP) is 1.49. The van der Waals surface area contributed by atoms with E-state index in [1.807, 2.05) is 25.6 Å². The summed E-state index contributed by atoms with van der Waals surface area (Å²) >= 11 is 1.06. The lowest BCUT2D eigenvalue weighted by Gasteiger charge is -2.22. The Morgan fingerprint density at radius 2 is 2.00 bits per heavy atom. The Morgan fingerprint density at radius 1 is 1.27 bits per heavy atom. The van der Waals surface area contributed by atoms with Gasteiger partial charge in [0.05, 0.1) is 29.7 Å². The van der Waals surface area contributed by atoms with Gasteiger partial charge in [0, 0.05) is 38.5 Å². The summed E-state index contributed by atoms with van der Waals surface area (Å²) in [5.74, 6) is -0.119. The molecule has 0 spiro atoms. The number of rotatable bonds is 6. The number of hydrogen-bond donors (Lipinski definition) is 0. The Morgan fingerprint density at radius 3 is 2.50 bits per heavy atom. The monoisotopic (exact) mass is 323 g/mol. The van der Waals surface area contributed by atoms with Crippen molar-refractivity contribution in [2.24, 2.45) is 7.05 Å². The van der Waals surface area contributed by atoms with Crippen molar-refractivity contribution < 1.29 is 9.53 Å². The molecule has 0 saturated heterocycles. The van der Waals surface area contributed by atoms with Crippen molar-refractivity contribution in [2.75, 3.05) is 20.3 Å². The van der Waals surface area contributed by atoms with E-state index in [-0.39, 0.29) is 5.91 Å². The van der Waals surface area contributed by atoms with E-state index in [2.05, 4.69) is 13.8 Å². The van der Waals surface area contributed by atoms with Crippen LogP contribution in [0.2, 0.25) is 0 Å². The second-order valence-corrected chi connectivity index (χ2v) is 5.72. The van der Waals surface area contributed by atoms with Gasteiger partial charge in [-0.3, -0.25) is 9.48 Å². The number of methoxy groups -OCH3 is 1. The molecule has 0 fully saturated rings. The van der Waals surface area contributed by atoms with Crippen LogP contribution in [0, 0.1) is 20.8 Å². The molecule has 0 aliphatic heterocycles. The van der Waals surface area contributed by atoms with E-state index in [1.54, 1.807) is 18.9 Å². The van der Waals surface area contributed by atoms with Gasteiger partial charge in [-0.2, -0.15) is 13.8 Å². The molecule has 2 aromatic rings. The molecule has 8 heteroatoms. The Hall–Kier alpha value is -1.80. The van der Waals surface area contributed by atoms with Gasteiger partial charge in [0.2, 0.25) is 0 Å². The van der Waals surface area contributed by atoms with E-state index in [4.69, 9.17) is 4.74 Å². The minimum atomic E-state index is -0.119. The van der Waals surface area contributed by atoms with Gasteiger partial charge in [0.1, 0.15) is 0 Å². The second-order valence-electron chi connectivity index (χ2n) is 5.19. The third kappa shape index (κ3) is 3.33. The number of aromatic nitrogens is 4. The molecule has 2 aromatic heterocycles. The fraction of sp³-hybridized carbons (Fsp3) is 0.571. The van der Waals surface area contributed by atoms with Gasteiger partial charge in [-0.25, -0.2) is 0 Å². The summed E-state index contributed by atoms with van der Waals surface area (Å²) in [5.41, 5.74) is 4.13. The van der Waals surface area contributed by atoms with Crippen molar-refractivity contribution in [3.8, 4) is 0 Å². The number of amides is 1. The zero-order valence-corrected chi connectivity index (χ0v) is 14.4. The largest absolute Gasteiger partial charge is 0.383 e. The van der Waals surface area contributed by atoms with Crippen LogP contribution >= 0.6 is 11.7 Å². The van der Waals surface area contributed by atoms with Crippen molar-refractivity contribution in [1.82, 2.24) is 23.4 Å². The van der Waals surface area contributed by atoms with Crippen molar-refractivity contribution in [2.45, 2.75) is 27.3 Å².